The normalized spacial score (nSPS) is 18.3. The molecule has 1 N–H and O–H groups in total. The van der Waals surface area contributed by atoms with Gasteiger partial charge in [0.25, 0.3) is 0 Å². The number of rotatable bonds is 5. The molecule has 3 aromatic heterocycles. The number of nitrogens with one attached hydrogen (secondary N) is 1. The van der Waals surface area contributed by atoms with E-state index in [1.54, 1.807) is 11.4 Å². The highest BCUT2D eigenvalue weighted by Crippen LogP contribution is 2.26. The number of nitrogens with zero attached hydrogens (tertiary/aromatic N) is 5. The lowest BCUT2D eigenvalue weighted by Gasteiger charge is -2.32. The first-order chi connectivity index (χ1) is 12.7. The lowest BCUT2D eigenvalue weighted by Crippen LogP contribution is -2.34. The van der Waals surface area contributed by atoms with Crippen molar-refractivity contribution in [2.45, 2.75) is 32.2 Å². The second-order valence-corrected chi connectivity index (χ2v) is 6.60. The van der Waals surface area contributed by atoms with E-state index < -0.39 is 0 Å². The average Bonchev–Trinajstić information content (AvgIpc) is 3.32. The first-order valence-corrected chi connectivity index (χ1v) is 8.95. The highest BCUT2D eigenvalue weighted by molar-refractivity contribution is 5.95. The fraction of sp³-hybridized carbons (Fsp3) is 0.444. The van der Waals surface area contributed by atoms with Gasteiger partial charge in [-0.1, -0.05) is 0 Å². The quantitative estimate of drug-likeness (QED) is 0.705. The molecule has 3 aromatic rings. The molecule has 8 heteroatoms. The van der Waals surface area contributed by atoms with Gasteiger partial charge in [0.05, 0.1) is 12.8 Å². The zero-order valence-electron chi connectivity index (χ0n) is 14.8. The molecule has 0 aliphatic carbocycles. The van der Waals surface area contributed by atoms with Crippen LogP contribution in [0.2, 0.25) is 0 Å². The van der Waals surface area contributed by atoms with E-state index in [0.717, 1.165) is 31.6 Å². The second-order valence-electron chi connectivity index (χ2n) is 6.60. The van der Waals surface area contributed by atoms with Gasteiger partial charge < -0.3 is 4.74 Å². The Labute approximate surface area is 151 Å². The van der Waals surface area contributed by atoms with Crippen molar-refractivity contribution in [3.05, 3.63) is 47.7 Å². The summed E-state index contributed by atoms with van der Waals surface area (Å²) in [6, 6.07) is 2.06. The van der Waals surface area contributed by atoms with E-state index in [-0.39, 0.29) is 5.97 Å². The van der Waals surface area contributed by atoms with Crippen molar-refractivity contribution in [1.29, 1.82) is 0 Å². The minimum Gasteiger partial charge on any atom is -0.462 e. The molecule has 8 nitrogen and oxygen atoms in total. The van der Waals surface area contributed by atoms with Crippen molar-refractivity contribution in [3.63, 3.8) is 0 Å². The molecule has 1 aliphatic rings. The van der Waals surface area contributed by atoms with Crippen molar-refractivity contribution in [1.82, 2.24) is 29.7 Å². The van der Waals surface area contributed by atoms with Crippen molar-refractivity contribution in [2.24, 2.45) is 0 Å². The van der Waals surface area contributed by atoms with Gasteiger partial charge in [-0.2, -0.15) is 10.2 Å². The minimum atomic E-state index is -0.388. The second kappa shape index (κ2) is 7.25. The number of piperidine rings is 1. The minimum absolute atomic E-state index is 0.334. The molecule has 4 rings (SSSR count). The molecule has 26 heavy (non-hydrogen) atoms. The summed E-state index contributed by atoms with van der Waals surface area (Å²) >= 11 is 0. The molecular formula is C18H22N6O2. The van der Waals surface area contributed by atoms with Gasteiger partial charge >= 0.3 is 5.97 Å². The molecule has 0 bridgehead atoms. The Kier molecular flexibility index (Phi) is 4.66. The van der Waals surface area contributed by atoms with E-state index in [2.05, 4.69) is 31.2 Å². The van der Waals surface area contributed by atoms with E-state index >= 15 is 0 Å². The largest absolute Gasteiger partial charge is 0.462 e. The van der Waals surface area contributed by atoms with Crippen LogP contribution >= 0.6 is 0 Å². The summed E-state index contributed by atoms with van der Waals surface area (Å²) in [6.07, 6.45) is 9.42. The lowest BCUT2D eigenvalue weighted by molar-refractivity contribution is 0.0528. The van der Waals surface area contributed by atoms with E-state index in [4.69, 9.17) is 4.74 Å². The van der Waals surface area contributed by atoms with Gasteiger partial charge in [0.15, 0.2) is 5.65 Å². The van der Waals surface area contributed by atoms with Gasteiger partial charge in [0.1, 0.15) is 5.56 Å². The maximum Gasteiger partial charge on any atom is 0.343 e. The van der Waals surface area contributed by atoms with E-state index in [1.165, 1.54) is 18.3 Å². The number of likely N-dealkylation sites (tertiary alicyclic amines) is 1. The lowest BCUT2D eigenvalue weighted by atomic mass is 9.95. The van der Waals surface area contributed by atoms with Gasteiger partial charge in [-0.05, 0) is 32.4 Å². The highest BCUT2D eigenvalue weighted by atomic mass is 16.5. The van der Waals surface area contributed by atoms with E-state index in [0.29, 0.717) is 23.7 Å². The van der Waals surface area contributed by atoms with Crippen LogP contribution in [0.5, 0.6) is 0 Å². The number of aromatic nitrogens is 5. The maximum atomic E-state index is 11.9. The molecule has 1 atom stereocenters. The third-order valence-corrected chi connectivity index (χ3v) is 4.78. The van der Waals surface area contributed by atoms with Crippen LogP contribution in [0, 0.1) is 0 Å². The van der Waals surface area contributed by atoms with Crippen LogP contribution in [0.15, 0.2) is 30.9 Å². The summed E-state index contributed by atoms with van der Waals surface area (Å²) in [7, 11) is 0. The van der Waals surface area contributed by atoms with Crippen molar-refractivity contribution in [3.8, 4) is 0 Å². The van der Waals surface area contributed by atoms with E-state index in [1.807, 2.05) is 18.6 Å². The summed E-state index contributed by atoms with van der Waals surface area (Å²) in [5.74, 6) is 0.101. The van der Waals surface area contributed by atoms with Gasteiger partial charge in [0, 0.05) is 48.9 Å². The first kappa shape index (κ1) is 16.7. The summed E-state index contributed by atoms with van der Waals surface area (Å²) in [5, 5.41) is 11.4. The van der Waals surface area contributed by atoms with E-state index in [9.17, 15) is 4.79 Å². The molecule has 0 radical (unpaired) electrons. The molecule has 4 heterocycles. The number of aromatic amines is 1. The fourth-order valence-electron chi connectivity index (χ4n) is 3.55. The molecule has 1 fully saturated rings. The molecular weight excluding hydrogens is 332 g/mol. The summed E-state index contributed by atoms with van der Waals surface area (Å²) < 4.78 is 6.70. The van der Waals surface area contributed by atoms with Crippen molar-refractivity contribution >= 4 is 11.6 Å². The van der Waals surface area contributed by atoms with Crippen LogP contribution in [-0.4, -0.2) is 55.4 Å². The van der Waals surface area contributed by atoms with Crippen LogP contribution in [0.4, 0.5) is 0 Å². The molecule has 1 unspecified atom stereocenters. The third-order valence-electron chi connectivity index (χ3n) is 4.78. The Morgan fingerprint density at radius 2 is 2.35 bits per heavy atom. The molecule has 1 aliphatic heterocycles. The smallest absolute Gasteiger partial charge is 0.343 e. The Morgan fingerprint density at radius 3 is 3.15 bits per heavy atom. The highest BCUT2D eigenvalue weighted by Gasteiger charge is 2.23. The van der Waals surface area contributed by atoms with Gasteiger partial charge in [0.2, 0.25) is 0 Å². The number of hydrogen-bond acceptors (Lipinski definition) is 6. The van der Waals surface area contributed by atoms with Crippen LogP contribution in [0.25, 0.3) is 5.65 Å². The molecule has 0 saturated carbocycles. The van der Waals surface area contributed by atoms with Crippen molar-refractivity contribution < 1.29 is 9.53 Å². The summed E-state index contributed by atoms with van der Waals surface area (Å²) in [4.78, 5) is 18.8. The molecule has 0 spiro atoms. The zero-order chi connectivity index (χ0) is 17.9. The predicted octanol–water partition coefficient (Wildman–Crippen LogP) is 2.01. The number of esters is 1. The molecule has 136 valence electrons. The zero-order valence-corrected chi connectivity index (χ0v) is 14.8. The van der Waals surface area contributed by atoms with Gasteiger partial charge in [-0.3, -0.25) is 10.00 Å². The van der Waals surface area contributed by atoms with Gasteiger partial charge in [-0.25, -0.2) is 14.3 Å². The Balaban J connectivity index is 1.48. The van der Waals surface area contributed by atoms with Crippen LogP contribution in [0.3, 0.4) is 0 Å². The number of ether oxygens (including phenoxy) is 1. The Bertz CT molecular complexity index is 888. The summed E-state index contributed by atoms with van der Waals surface area (Å²) in [6.45, 7) is 4.98. The number of fused-ring (bicyclic) bond motifs is 1. The molecule has 0 aromatic carbocycles. The van der Waals surface area contributed by atoms with Gasteiger partial charge in [-0.15, -0.1) is 0 Å². The Morgan fingerprint density at radius 1 is 1.42 bits per heavy atom. The molecule has 1 saturated heterocycles. The number of carbonyl (C=O) groups excluding carboxylic acids is 1. The topological polar surface area (TPSA) is 88.4 Å². The Hall–Kier alpha value is -2.74. The maximum absolute atomic E-state index is 11.9. The molecule has 0 amide bonds. The monoisotopic (exact) mass is 354 g/mol. The third kappa shape index (κ3) is 3.32. The number of hydrogen-bond donors (Lipinski definition) is 1. The fourth-order valence-corrected chi connectivity index (χ4v) is 3.55. The van der Waals surface area contributed by atoms with Crippen molar-refractivity contribution in [2.75, 3.05) is 19.7 Å². The standard InChI is InChI=1S/C18H22N6O2/c1-2-26-18(25)15-9-21-24-11-13(8-19-17(15)24)10-23-7-3-4-14(12-23)16-5-6-20-22-16/h5-6,8-9,11,14H,2-4,7,10,12H2,1H3,(H,20,22). The van der Waals surface area contributed by atoms with Crippen LogP contribution < -0.4 is 0 Å². The van der Waals surface area contributed by atoms with Crippen LogP contribution in [0.1, 0.15) is 47.3 Å². The SMILES string of the molecule is CCOC(=O)c1cnn2cc(CN3CCCC(c4ccn[nH]4)C3)cnc12. The first-order valence-electron chi connectivity index (χ1n) is 8.95. The number of H-pyrrole nitrogens is 1. The summed E-state index contributed by atoms with van der Waals surface area (Å²) in [5.41, 5.74) is 3.20. The predicted molar refractivity (Wildman–Crippen MR) is 94.8 cm³/mol. The van der Waals surface area contributed by atoms with Crippen LogP contribution in [-0.2, 0) is 11.3 Å². The average molecular weight is 354 g/mol. The number of carbonyl (C=O) groups is 1.